The standard InChI is InChI=1S/C7H12N2O/c1-6(2-3-8)9-7-4-10-5-7/h2-3,7H,4-5,8H2,1H3/b3-2-,9-6?. The molecule has 0 atom stereocenters. The molecule has 0 radical (unpaired) electrons. The van der Waals surface area contributed by atoms with Crippen molar-refractivity contribution in [2.24, 2.45) is 10.7 Å². The summed E-state index contributed by atoms with van der Waals surface area (Å²) in [6.07, 6.45) is 3.29. The molecule has 0 bridgehead atoms. The minimum atomic E-state index is 0.371. The molecule has 0 aliphatic carbocycles. The second kappa shape index (κ2) is 3.37. The van der Waals surface area contributed by atoms with Gasteiger partial charge in [0, 0.05) is 5.71 Å². The number of hydrogen-bond acceptors (Lipinski definition) is 3. The van der Waals surface area contributed by atoms with E-state index in [1.54, 1.807) is 6.08 Å². The van der Waals surface area contributed by atoms with E-state index in [1.807, 2.05) is 6.92 Å². The maximum atomic E-state index is 5.17. The molecule has 1 aliphatic heterocycles. The number of hydrogen-bond donors (Lipinski definition) is 1. The normalized spacial score (nSPS) is 21.5. The molecule has 1 heterocycles. The van der Waals surface area contributed by atoms with E-state index in [0.717, 1.165) is 18.9 Å². The number of nitrogens with zero attached hydrogens (tertiary/aromatic N) is 1. The molecule has 1 rings (SSSR count). The van der Waals surface area contributed by atoms with Gasteiger partial charge in [0.05, 0.1) is 19.3 Å². The number of aliphatic imine (C=N–C) groups is 1. The topological polar surface area (TPSA) is 47.6 Å². The highest BCUT2D eigenvalue weighted by Crippen LogP contribution is 2.04. The van der Waals surface area contributed by atoms with Crippen LogP contribution in [0.1, 0.15) is 6.92 Å². The zero-order valence-electron chi connectivity index (χ0n) is 6.08. The van der Waals surface area contributed by atoms with Gasteiger partial charge in [0.2, 0.25) is 0 Å². The first-order chi connectivity index (χ1) is 4.83. The third-order valence-corrected chi connectivity index (χ3v) is 1.34. The fourth-order valence-corrected chi connectivity index (χ4v) is 0.768. The molecule has 0 aromatic heterocycles. The SMILES string of the molecule is CC(/C=C\N)=NC1COC1. The Morgan fingerprint density at radius 3 is 2.80 bits per heavy atom. The third kappa shape index (κ3) is 1.84. The summed E-state index contributed by atoms with van der Waals surface area (Å²) >= 11 is 0. The van der Waals surface area contributed by atoms with E-state index in [-0.39, 0.29) is 0 Å². The number of nitrogens with two attached hydrogens (primary N) is 1. The molecule has 56 valence electrons. The van der Waals surface area contributed by atoms with E-state index in [9.17, 15) is 0 Å². The number of allylic oxidation sites excluding steroid dienone is 1. The van der Waals surface area contributed by atoms with Crippen molar-refractivity contribution in [2.45, 2.75) is 13.0 Å². The molecular formula is C7H12N2O. The van der Waals surface area contributed by atoms with Gasteiger partial charge in [0.1, 0.15) is 0 Å². The van der Waals surface area contributed by atoms with Crippen molar-refractivity contribution in [1.29, 1.82) is 0 Å². The third-order valence-electron chi connectivity index (χ3n) is 1.34. The van der Waals surface area contributed by atoms with Crippen LogP contribution in [0.4, 0.5) is 0 Å². The average molecular weight is 140 g/mol. The largest absolute Gasteiger partial charge is 0.405 e. The lowest BCUT2D eigenvalue weighted by Gasteiger charge is -2.22. The predicted octanol–water partition coefficient (Wildman–Crippen LogP) is 0.318. The minimum Gasteiger partial charge on any atom is -0.405 e. The van der Waals surface area contributed by atoms with Crippen LogP contribution < -0.4 is 5.73 Å². The van der Waals surface area contributed by atoms with Crippen LogP contribution in [0, 0.1) is 0 Å². The zero-order valence-corrected chi connectivity index (χ0v) is 6.08. The minimum absolute atomic E-state index is 0.371. The Kier molecular flexibility index (Phi) is 2.45. The summed E-state index contributed by atoms with van der Waals surface area (Å²) in [7, 11) is 0. The van der Waals surface area contributed by atoms with Gasteiger partial charge in [-0.1, -0.05) is 0 Å². The van der Waals surface area contributed by atoms with Gasteiger partial charge in [-0.3, -0.25) is 4.99 Å². The van der Waals surface area contributed by atoms with E-state index in [2.05, 4.69) is 4.99 Å². The second-order valence-electron chi connectivity index (χ2n) is 2.32. The van der Waals surface area contributed by atoms with Crippen LogP contribution in [-0.2, 0) is 4.74 Å². The molecule has 2 N–H and O–H groups in total. The monoisotopic (exact) mass is 140 g/mol. The average Bonchev–Trinajstić information content (AvgIpc) is 1.80. The molecule has 1 aliphatic rings. The first-order valence-corrected chi connectivity index (χ1v) is 3.33. The van der Waals surface area contributed by atoms with E-state index in [1.165, 1.54) is 6.20 Å². The smallest absolute Gasteiger partial charge is 0.0969 e. The molecule has 1 saturated heterocycles. The molecule has 0 saturated carbocycles. The zero-order chi connectivity index (χ0) is 7.40. The molecule has 3 heteroatoms. The van der Waals surface area contributed by atoms with Gasteiger partial charge >= 0.3 is 0 Å². The fraction of sp³-hybridized carbons (Fsp3) is 0.571. The Labute approximate surface area is 60.6 Å². The first kappa shape index (κ1) is 7.28. The molecule has 0 unspecified atom stereocenters. The first-order valence-electron chi connectivity index (χ1n) is 3.33. The molecule has 1 fully saturated rings. The van der Waals surface area contributed by atoms with E-state index < -0.39 is 0 Å². The summed E-state index contributed by atoms with van der Waals surface area (Å²) in [5.41, 5.74) is 6.14. The maximum Gasteiger partial charge on any atom is 0.0969 e. The van der Waals surface area contributed by atoms with Crippen LogP contribution in [0.25, 0.3) is 0 Å². The summed E-state index contributed by atoms with van der Waals surface area (Å²) in [5, 5.41) is 0. The molecule has 0 aromatic rings. The molecule has 0 amide bonds. The van der Waals surface area contributed by atoms with Crippen molar-refractivity contribution >= 4 is 5.71 Å². The van der Waals surface area contributed by atoms with Crippen molar-refractivity contribution in [3.8, 4) is 0 Å². The Bertz CT molecular complexity index is 159. The van der Waals surface area contributed by atoms with Crippen molar-refractivity contribution in [3.63, 3.8) is 0 Å². The summed E-state index contributed by atoms with van der Waals surface area (Å²) < 4.78 is 4.95. The lowest BCUT2D eigenvalue weighted by molar-refractivity contribution is 0.0133. The predicted molar refractivity (Wildman–Crippen MR) is 41.0 cm³/mol. The van der Waals surface area contributed by atoms with E-state index in [4.69, 9.17) is 10.5 Å². The van der Waals surface area contributed by atoms with Gasteiger partial charge in [-0.05, 0) is 19.2 Å². The lowest BCUT2D eigenvalue weighted by atomic mass is 10.2. The van der Waals surface area contributed by atoms with Crippen LogP contribution in [0.2, 0.25) is 0 Å². The molecule has 0 spiro atoms. The summed E-state index contributed by atoms with van der Waals surface area (Å²) in [6.45, 7) is 3.45. The van der Waals surface area contributed by atoms with Crippen molar-refractivity contribution in [2.75, 3.05) is 13.2 Å². The quantitative estimate of drug-likeness (QED) is 0.561. The Morgan fingerprint density at radius 1 is 1.70 bits per heavy atom. The summed E-state index contributed by atoms with van der Waals surface area (Å²) in [6, 6.07) is 0.371. The molecule has 0 aromatic carbocycles. The molecule has 10 heavy (non-hydrogen) atoms. The number of rotatable bonds is 2. The highest BCUT2D eigenvalue weighted by atomic mass is 16.5. The van der Waals surface area contributed by atoms with Crippen LogP contribution in [0.3, 0.4) is 0 Å². The Hall–Kier alpha value is -0.830. The van der Waals surface area contributed by atoms with Gasteiger partial charge in [0.15, 0.2) is 0 Å². The van der Waals surface area contributed by atoms with E-state index >= 15 is 0 Å². The Balaban J connectivity index is 2.36. The van der Waals surface area contributed by atoms with Gasteiger partial charge in [-0.25, -0.2) is 0 Å². The highest BCUT2D eigenvalue weighted by Gasteiger charge is 2.15. The van der Waals surface area contributed by atoms with Crippen molar-refractivity contribution < 1.29 is 4.74 Å². The highest BCUT2D eigenvalue weighted by molar-refractivity contribution is 5.92. The van der Waals surface area contributed by atoms with Gasteiger partial charge in [-0.15, -0.1) is 0 Å². The lowest BCUT2D eigenvalue weighted by Crippen LogP contribution is -2.32. The van der Waals surface area contributed by atoms with Gasteiger partial charge in [-0.2, -0.15) is 0 Å². The maximum absolute atomic E-state index is 5.17. The van der Waals surface area contributed by atoms with Gasteiger partial charge in [0.25, 0.3) is 0 Å². The second-order valence-corrected chi connectivity index (χ2v) is 2.32. The fourth-order valence-electron chi connectivity index (χ4n) is 0.768. The molecule has 3 nitrogen and oxygen atoms in total. The van der Waals surface area contributed by atoms with Crippen molar-refractivity contribution in [3.05, 3.63) is 12.3 Å². The van der Waals surface area contributed by atoms with Crippen LogP contribution in [0.5, 0.6) is 0 Å². The van der Waals surface area contributed by atoms with Crippen LogP contribution in [-0.4, -0.2) is 25.0 Å². The van der Waals surface area contributed by atoms with E-state index in [0.29, 0.717) is 6.04 Å². The van der Waals surface area contributed by atoms with Crippen LogP contribution in [0.15, 0.2) is 17.3 Å². The summed E-state index contributed by atoms with van der Waals surface area (Å²) in [5.74, 6) is 0. The van der Waals surface area contributed by atoms with Gasteiger partial charge < -0.3 is 10.5 Å². The van der Waals surface area contributed by atoms with Crippen LogP contribution >= 0.6 is 0 Å². The number of ether oxygens (including phenoxy) is 1. The molecular weight excluding hydrogens is 128 g/mol. The summed E-state index contributed by atoms with van der Waals surface area (Å²) in [4.78, 5) is 4.30. The van der Waals surface area contributed by atoms with Crippen molar-refractivity contribution in [1.82, 2.24) is 0 Å². The Morgan fingerprint density at radius 2 is 2.40 bits per heavy atom.